The Balaban J connectivity index is 1.96. The number of benzene rings is 2. The fourth-order valence-electron chi connectivity index (χ4n) is 2.97. The van der Waals surface area contributed by atoms with Crippen molar-refractivity contribution in [3.63, 3.8) is 0 Å². The van der Waals surface area contributed by atoms with Crippen molar-refractivity contribution in [3.05, 3.63) is 74.9 Å². The molecule has 2 aromatic carbocycles. The Morgan fingerprint density at radius 3 is 2.35 bits per heavy atom. The number of nitrogens with zero attached hydrogens (tertiary/aromatic N) is 3. The fraction of sp³-hybridized carbons (Fsp3) is 0.200. The third kappa shape index (κ3) is 2.60. The SMILES string of the molecule is CC(C)(C)c1ccc(-c2nn3c(=O)[nH]c4ccccc4c3nc2=O)cc1. The molecule has 0 aliphatic rings. The van der Waals surface area contributed by atoms with Crippen molar-refractivity contribution in [3.8, 4) is 11.3 Å². The van der Waals surface area contributed by atoms with Crippen LogP contribution < -0.4 is 11.2 Å². The van der Waals surface area contributed by atoms with Gasteiger partial charge in [-0.2, -0.15) is 14.6 Å². The van der Waals surface area contributed by atoms with Gasteiger partial charge in [-0.1, -0.05) is 57.2 Å². The molecule has 26 heavy (non-hydrogen) atoms. The van der Waals surface area contributed by atoms with Crippen LogP contribution in [0.3, 0.4) is 0 Å². The maximum absolute atomic E-state index is 12.6. The summed E-state index contributed by atoms with van der Waals surface area (Å²) < 4.78 is 1.15. The van der Waals surface area contributed by atoms with Gasteiger partial charge in [0.1, 0.15) is 0 Å². The maximum Gasteiger partial charge on any atom is 0.348 e. The standard InChI is InChI=1S/C20H18N4O2/c1-20(2,3)13-10-8-12(9-11-13)16-18(25)22-17-14-6-4-5-7-15(14)21-19(26)24(17)23-16/h4-11H,1-3H3,(H,21,26). The van der Waals surface area contributed by atoms with E-state index < -0.39 is 11.2 Å². The van der Waals surface area contributed by atoms with E-state index in [-0.39, 0.29) is 16.8 Å². The first-order valence-electron chi connectivity index (χ1n) is 8.37. The van der Waals surface area contributed by atoms with Gasteiger partial charge >= 0.3 is 5.69 Å². The molecule has 4 rings (SSSR count). The summed E-state index contributed by atoms with van der Waals surface area (Å²) in [4.78, 5) is 31.8. The minimum atomic E-state index is -0.454. The minimum absolute atomic E-state index is 0.0126. The zero-order valence-corrected chi connectivity index (χ0v) is 14.8. The second-order valence-electron chi connectivity index (χ2n) is 7.30. The van der Waals surface area contributed by atoms with Crippen molar-refractivity contribution >= 4 is 16.6 Å². The maximum atomic E-state index is 12.6. The van der Waals surface area contributed by atoms with Crippen LogP contribution in [-0.2, 0) is 5.41 Å². The van der Waals surface area contributed by atoms with Gasteiger partial charge in [-0.3, -0.25) is 4.79 Å². The van der Waals surface area contributed by atoms with Crippen LogP contribution in [0.4, 0.5) is 0 Å². The Hall–Kier alpha value is -3.28. The number of hydrogen-bond acceptors (Lipinski definition) is 4. The Morgan fingerprint density at radius 1 is 0.962 bits per heavy atom. The zero-order chi connectivity index (χ0) is 18.5. The number of para-hydroxylation sites is 1. The van der Waals surface area contributed by atoms with Gasteiger partial charge < -0.3 is 4.98 Å². The van der Waals surface area contributed by atoms with Crippen molar-refractivity contribution in [2.45, 2.75) is 26.2 Å². The molecule has 0 saturated carbocycles. The normalized spacial score (nSPS) is 12.0. The lowest BCUT2D eigenvalue weighted by atomic mass is 9.86. The first-order valence-corrected chi connectivity index (χ1v) is 8.37. The van der Waals surface area contributed by atoms with E-state index in [1.807, 2.05) is 36.4 Å². The molecule has 0 aliphatic heterocycles. The first kappa shape index (κ1) is 16.2. The number of hydrogen-bond donors (Lipinski definition) is 1. The van der Waals surface area contributed by atoms with E-state index in [9.17, 15) is 9.59 Å². The monoisotopic (exact) mass is 346 g/mol. The molecular formula is C20H18N4O2. The van der Waals surface area contributed by atoms with Gasteiger partial charge in [0.05, 0.1) is 5.52 Å². The Kier molecular flexibility index (Phi) is 3.50. The van der Waals surface area contributed by atoms with Crippen LogP contribution in [0.15, 0.2) is 58.1 Å². The average molecular weight is 346 g/mol. The number of aromatic amines is 1. The first-order chi connectivity index (χ1) is 12.3. The summed E-state index contributed by atoms with van der Waals surface area (Å²) in [6.45, 7) is 6.37. The molecule has 4 aromatic rings. The second kappa shape index (κ2) is 5.62. The van der Waals surface area contributed by atoms with Crippen LogP contribution in [0.1, 0.15) is 26.3 Å². The molecule has 0 atom stereocenters. The highest BCUT2D eigenvalue weighted by atomic mass is 16.1. The number of aromatic nitrogens is 4. The molecule has 0 saturated heterocycles. The average Bonchev–Trinajstić information content (AvgIpc) is 2.61. The number of fused-ring (bicyclic) bond motifs is 3. The molecule has 0 unspecified atom stereocenters. The van der Waals surface area contributed by atoms with Gasteiger partial charge in [0, 0.05) is 10.9 Å². The van der Waals surface area contributed by atoms with Gasteiger partial charge in [-0.15, -0.1) is 0 Å². The molecule has 0 fully saturated rings. The van der Waals surface area contributed by atoms with Crippen LogP contribution >= 0.6 is 0 Å². The molecule has 0 spiro atoms. The van der Waals surface area contributed by atoms with Gasteiger partial charge in [-0.05, 0) is 23.1 Å². The predicted octanol–water partition coefficient (Wildman–Crippen LogP) is 2.90. The fourth-order valence-corrected chi connectivity index (χ4v) is 2.97. The summed E-state index contributed by atoms with van der Waals surface area (Å²) in [6, 6.07) is 14.8. The molecule has 0 bridgehead atoms. The van der Waals surface area contributed by atoms with E-state index in [0.29, 0.717) is 16.5 Å². The molecule has 130 valence electrons. The highest BCUT2D eigenvalue weighted by Gasteiger charge is 2.16. The summed E-state index contributed by atoms with van der Waals surface area (Å²) >= 11 is 0. The third-order valence-electron chi connectivity index (χ3n) is 4.44. The van der Waals surface area contributed by atoms with E-state index >= 15 is 0 Å². The number of rotatable bonds is 1. The van der Waals surface area contributed by atoms with E-state index in [4.69, 9.17) is 0 Å². The van der Waals surface area contributed by atoms with Crippen molar-refractivity contribution < 1.29 is 0 Å². The Bertz CT molecular complexity index is 1250. The number of nitrogens with one attached hydrogen (secondary N) is 1. The van der Waals surface area contributed by atoms with Gasteiger partial charge in [0.15, 0.2) is 11.3 Å². The predicted molar refractivity (Wildman–Crippen MR) is 102 cm³/mol. The van der Waals surface area contributed by atoms with E-state index in [1.54, 1.807) is 12.1 Å². The lowest BCUT2D eigenvalue weighted by Gasteiger charge is -2.18. The topological polar surface area (TPSA) is 80.1 Å². The lowest BCUT2D eigenvalue weighted by Crippen LogP contribution is -2.26. The van der Waals surface area contributed by atoms with E-state index in [2.05, 4.69) is 35.8 Å². The van der Waals surface area contributed by atoms with E-state index in [0.717, 1.165) is 10.1 Å². The molecule has 0 radical (unpaired) electrons. The molecule has 2 heterocycles. The molecule has 2 aromatic heterocycles. The molecule has 0 aliphatic carbocycles. The smallest absolute Gasteiger partial charge is 0.305 e. The van der Waals surface area contributed by atoms with Crippen LogP contribution in [0.2, 0.25) is 0 Å². The van der Waals surface area contributed by atoms with Crippen LogP contribution in [-0.4, -0.2) is 19.6 Å². The third-order valence-corrected chi connectivity index (χ3v) is 4.44. The molecule has 1 N–H and O–H groups in total. The summed E-state index contributed by atoms with van der Waals surface area (Å²) in [5, 5.41) is 4.96. The summed E-state index contributed by atoms with van der Waals surface area (Å²) in [5.41, 5.74) is 1.94. The molecule has 6 nitrogen and oxygen atoms in total. The van der Waals surface area contributed by atoms with Crippen LogP contribution in [0, 0.1) is 0 Å². The highest BCUT2D eigenvalue weighted by Crippen LogP contribution is 2.24. The van der Waals surface area contributed by atoms with Crippen LogP contribution in [0.5, 0.6) is 0 Å². The lowest BCUT2D eigenvalue weighted by molar-refractivity contribution is 0.590. The summed E-state index contributed by atoms with van der Waals surface area (Å²) in [6.07, 6.45) is 0. The minimum Gasteiger partial charge on any atom is -0.305 e. The van der Waals surface area contributed by atoms with Crippen molar-refractivity contribution in [2.24, 2.45) is 0 Å². The molecular weight excluding hydrogens is 328 g/mol. The number of H-pyrrole nitrogens is 1. The summed E-state index contributed by atoms with van der Waals surface area (Å²) in [7, 11) is 0. The van der Waals surface area contributed by atoms with Crippen molar-refractivity contribution in [1.82, 2.24) is 19.6 Å². The van der Waals surface area contributed by atoms with E-state index in [1.165, 1.54) is 0 Å². The van der Waals surface area contributed by atoms with Crippen molar-refractivity contribution in [2.75, 3.05) is 0 Å². The molecule has 6 heteroatoms. The van der Waals surface area contributed by atoms with Crippen LogP contribution in [0.25, 0.3) is 27.8 Å². The van der Waals surface area contributed by atoms with Gasteiger partial charge in [0.2, 0.25) is 0 Å². The quantitative estimate of drug-likeness (QED) is 0.538. The van der Waals surface area contributed by atoms with Crippen molar-refractivity contribution in [1.29, 1.82) is 0 Å². The highest BCUT2D eigenvalue weighted by molar-refractivity contribution is 5.90. The second-order valence-corrected chi connectivity index (χ2v) is 7.30. The summed E-state index contributed by atoms with van der Waals surface area (Å²) in [5.74, 6) is 0. The Labute approximate surface area is 149 Å². The Morgan fingerprint density at radius 2 is 1.65 bits per heavy atom. The largest absolute Gasteiger partial charge is 0.348 e. The van der Waals surface area contributed by atoms with Gasteiger partial charge in [-0.25, -0.2) is 4.79 Å². The zero-order valence-electron chi connectivity index (χ0n) is 14.8. The molecule has 0 amide bonds. The van der Waals surface area contributed by atoms with Gasteiger partial charge in [0.25, 0.3) is 5.56 Å².